The number of rotatable bonds is 3. The van der Waals surface area contributed by atoms with Gasteiger partial charge < -0.3 is 10.4 Å². The quantitative estimate of drug-likeness (QED) is 0.681. The molecule has 0 aliphatic heterocycles. The number of nitrogens with one attached hydrogen (secondary N) is 1. The summed E-state index contributed by atoms with van der Waals surface area (Å²) in [4.78, 5) is 0. The number of aliphatic hydroxyl groups is 1. The van der Waals surface area contributed by atoms with Gasteiger partial charge in [0.2, 0.25) is 0 Å². The van der Waals surface area contributed by atoms with Crippen LogP contribution in [-0.2, 0) is 0 Å². The van der Waals surface area contributed by atoms with Gasteiger partial charge in [0.1, 0.15) is 0 Å². The van der Waals surface area contributed by atoms with E-state index in [0.29, 0.717) is 6.04 Å². The van der Waals surface area contributed by atoms with Gasteiger partial charge in [-0.3, -0.25) is 0 Å². The monoisotopic (exact) mass is 181 g/mol. The summed E-state index contributed by atoms with van der Waals surface area (Å²) in [6, 6.07) is 1.07. The lowest BCUT2D eigenvalue weighted by Crippen LogP contribution is -2.34. The molecule has 3 aliphatic carbocycles. The van der Waals surface area contributed by atoms with Crippen molar-refractivity contribution in [1.29, 1.82) is 0 Å². The minimum absolute atomic E-state index is 0.283. The third-order valence-corrected chi connectivity index (χ3v) is 4.49. The summed E-state index contributed by atoms with van der Waals surface area (Å²) in [5, 5.41) is 12.5. The molecule has 3 fully saturated rings. The van der Waals surface area contributed by atoms with Crippen LogP contribution in [0, 0.1) is 23.7 Å². The fourth-order valence-electron chi connectivity index (χ4n) is 3.93. The molecule has 2 heteroatoms. The van der Waals surface area contributed by atoms with Crippen LogP contribution in [0.4, 0.5) is 0 Å². The predicted molar refractivity (Wildman–Crippen MR) is 51.3 cm³/mol. The van der Waals surface area contributed by atoms with Gasteiger partial charge in [0, 0.05) is 12.1 Å². The molecule has 5 atom stereocenters. The van der Waals surface area contributed by atoms with Crippen LogP contribution < -0.4 is 5.32 Å². The number of aliphatic hydroxyl groups excluding tert-OH is 1. The first-order valence-corrected chi connectivity index (χ1v) is 5.68. The lowest BCUT2D eigenvalue weighted by atomic mass is 10.0. The Kier molecular flexibility index (Phi) is 1.72. The summed E-state index contributed by atoms with van der Waals surface area (Å²) in [6.45, 7) is 2.36. The first kappa shape index (κ1) is 8.25. The van der Waals surface area contributed by atoms with Crippen molar-refractivity contribution in [2.24, 2.45) is 23.7 Å². The van der Waals surface area contributed by atoms with Gasteiger partial charge >= 0.3 is 0 Å². The highest BCUT2D eigenvalue weighted by molar-refractivity contribution is 5.17. The molecule has 0 heterocycles. The Morgan fingerprint density at radius 3 is 2.46 bits per heavy atom. The van der Waals surface area contributed by atoms with Crippen LogP contribution in [0.1, 0.15) is 26.2 Å². The lowest BCUT2D eigenvalue weighted by Gasteiger charge is -2.14. The maximum atomic E-state index is 8.96. The van der Waals surface area contributed by atoms with Crippen molar-refractivity contribution in [2.75, 3.05) is 6.61 Å². The van der Waals surface area contributed by atoms with Crippen molar-refractivity contribution in [2.45, 2.75) is 38.3 Å². The highest BCUT2D eigenvalue weighted by Crippen LogP contribution is 2.65. The molecule has 74 valence electrons. The molecule has 2 bridgehead atoms. The van der Waals surface area contributed by atoms with E-state index in [1.807, 2.05) is 0 Å². The van der Waals surface area contributed by atoms with E-state index >= 15 is 0 Å². The SMILES string of the molecule is CC(CO)NC1C2C3CCC(C3)C12. The van der Waals surface area contributed by atoms with Crippen LogP contribution in [0.2, 0.25) is 0 Å². The molecule has 2 N–H and O–H groups in total. The first-order valence-electron chi connectivity index (χ1n) is 5.68. The van der Waals surface area contributed by atoms with E-state index in [4.69, 9.17) is 5.11 Å². The third-order valence-electron chi connectivity index (χ3n) is 4.49. The Balaban J connectivity index is 1.61. The molecule has 0 aromatic rings. The summed E-state index contributed by atoms with van der Waals surface area (Å²) >= 11 is 0. The van der Waals surface area contributed by atoms with E-state index in [2.05, 4.69) is 12.2 Å². The normalized spacial score (nSPS) is 53.5. The zero-order chi connectivity index (χ0) is 9.00. The summed E-state index contributed by atoms with van der Waals surface area (Å²) in [6.07, 6.45) is 4.48. The van der Waals surface area contributed by atoms with E-state index in [-0.39, 0.29) is 6.61 Å². The smallest absolute Gasteiger partial charge is 0.0582 e. The maximum absolute atomic E-state index is 8.96. The van der Waals surface area contributed by atoms with Gasteiger partial charge in [0.25, 0.3) is 0 Å². The van der Waals surface area contributed by atoms with Gasteiger partial charge in [-0.05, 0) is 49.9 Å². The summed E-state index contributed by atoms with van der Waals surface area (Å²) in [5.41, 5.74) is 0. The van der Waals surface area contributed by atoms with Crippen molar-refractivity contribution in [3.63, 3.8) is 0 Å². The van der Waals surface area contributed by atoms with Crippen LogP contribution in [-0.4, -0.2) is 23.8 Å². The third kappa shape index (κ3) is 1.08. The van der Waals surface area contributed by atoms with E-state index in [9.17, 15) is 0 Å². The molecule has 5 unspecified atom stereocenters. The fraction of sp³-hybridized carbons (Fsp3) is 1.00. The largest absolute Gasteiger partial charge is 0.395 e. The molecule has 0 radical (unpaired) electrons. The van der Waals surface area contributed by atoms with Crippen LogP contribution >= 0.6 is 0 Å². The van der Waals surface area contributed by atoms with Crippen molar-refractivity contribution >= 4 is 0 Å². The van der Waals surface area contributed by atoms with E-state index < -0.39 is 0 Å². The van der Waals surface area contributed by atoms with Gasteiger partial charge in [0.05, 0.1) is 6.61 Å². The average molecular weight is 181 g/mol. The molecule has 3 rings (SSSR count). The minimum atomic E-state index is 0.283. The molecular formula is C11H19NO. The first-order chi connectivity index (χ1) is 6.31. The van der Waals surface area contributed by atoms with Crippen LogP contribution in [0.15, 0.2) is 0 Å². The Morgan fingerprint density at radius 2 is 1.92 bits per heavy atom. The zero-order valence-electron chi connectivity index (χ0n) is 8.24. The van der Waals surface area contributed by atoms with Gasteiger partial charge in [-0.15, -0.1) is 0 Å². The van der Waals surface area contributed by atoms with Crippen molar-refractivity contribution in [3.8, 4) is 0 Å². The summed E-state index contributed by atoms with van der Waals surface area (Å²) in [7, 11) is 0. The van der Waals surface area contributed by atoms with Gasteiger partial charge in [0.15, 0.2) is 0 Å². The van der Waals surface area contributed by atoms with Crippen molar-refractivity contribution < 1.29 is 5.11 Å². The van der Waals surface area contributed by atoms with Crippen LogP contribution in [0.5, 0.6) is 0 Å². The van der Waals surface area contributed by atoms with Gasteiger partial charge in [-0.25, -0.2) is 0 Å². The molecule has 0 amide bonds. The number of fused-ring (bicyclic) bond motifs is 5. The van der Waals surface area contributed by atoms with Crippen LogP contribution in [0.3, 0.4) is 0 Å². The van der Waals surface area contributed by atoms with Crippen molar-refractivity contribution in [3.05, 3.63) is 0 Å². The Bertz CT molecular complexity index is 202. The average Bonchev–Trinajstić information content (AvgIpc) is 2.60. The Hall–Kier alpha value is -0.0800. The molecule has 3 saturated carbocycles. The maximum Gasteiger partial charge on any atom is 0.0582 e. The van der Waals surface area contributed by atoms with Gasteiger partial charge in [-0.1, -0.05) is 0 Å². The lowest BCUT2D eigenvalue weighted by molar-refractivity contribution is 0.244. The topological polar surface area (TPSA) is 32.3 Å². The molecule has 2 nitrogen and oxygen atoms in total. The molecule has 0 saturated heterocycles. The molecule has 0 aromatic carbocycles. The van der Waals surface area contributed by atoms with E-state index in [1.165, 1.54) is 19.3 Å². The molecule has 0 spiro atoms. The molecule has 13 heavy (non-hydrogen) atoms. The second-order valence-corrected chi connectivity index (χ2v) is 5.26. The molecular weight excluding hydrogens is 162 g/mol. The zero-order valence-corrected chi connectivity index (χ0v) is 8.24. The summed E-state index contributed by atoms with van der Waals surface area (Å²) in [5.74, 6) is 4.07. The second-order valence-electron chi connectivity index (χ2n) is 5.26. The Morgan fingerprint density at radius 1 is 1.31 bits per heavy atom. The number of hydrogen-bond donors (Lipinski definition) is 2. The fourth-order valence-corrected chi connectivity index (χ4v) is 3.93. The van der Waals surface area contributed by atoms with Crippen molar-refractivity contribution in [1.82, 2.24) is 5.32 Å². The van der Waals surface area contributed by atoms with E-state index in [1.54, 1.807) is 0 Å². The van der Waals surface area contributed by atoms with Gasteiger partial charge in [-0.2, -0.15) is 0 Å². The summed E-state index contributed by atoms with van der Waals surface area (Å²) < 4.78 is 0. The van der Waals surface area contributed by atoms with Crippen LogP contribution in [0.25, 0.3) is 0 Å². The predicted octanol–water partition coefficient (Wildman–Crippen LogP) is 1.00. The highest BCUT2D eigenvalue weighted by atomic mass is 16.3. The van der Waals surface area contributed by atoms with E-state index in [0.717, 1.165) is 29.7 Å². The second kappa shape index (κ2) is 2.71. The molecule has 0 aromatic heterocycles. The minimum Gasteiger partial charge on any atom is -0.395 e. The molecule has 3 aliphatic rings. The highest BCUT2D eigenvalue weighted by Gasteiger charge is 2.64. The standard InChI is InChI=1S/C11H19NO/c1-6(5-13)12-11-9-7-2-3-8(4-7)10(9)11/h6-13H,2-5H2,1H3. The number of hydrogen-bond acceptors (Lipinski definition) is 2. The Labute approximate surface area is 79.7 Å².